The summed E-state index contributed by atoms with van der Waals surface area (Å²) >= 11 is 0. The number of hydrogen-bond donors (Lipinski definition) is 1. The van der Waals surface area contributed by atoms with Crippen molar-refractivity contribution >= 4 is 0 Å². The fourth-order valence-corrected chi connectivity index (χ4v) is 3.01. The van der Waals surface area contributed by atoms with Gasteiger partial charge in [-0.1, -0.05) is 19.1 Å². The first-order chi connectivity index (χ1) is 8.50. The quantitative estimate of drug-likeness (QED) is 0.888. The van der Waals surface area contributed by atoms with Gasteiger partial charge in [-0.25, -0.2) is 0 Å². The van der Waals surface area contributed by atoms with Crippen molar-refractivity contribution < 1.29 is 4.74 Å². The molecule has 1 aliphatic heterocycles. The molecule has 2 rings (SSSR count). The molecule has 1 atom stereocenters. The molecule has 1 saturated heterocycles. The van der Waals surface area contributed by atoms with Gasteiger partial charge in [0.25, 0.3) is 0 Å². The Morgan fingerprint density at radius 3 is 2.39 bits per heavy atom. The summed E-state index contributed by atoms with van der Waals surface area (Å²) in [5.41, 5.74) is 11.7. The number of ether oxygens (including phenoxy) is 1. The summed E-state index contributed by atoms with van der Waals surface area (Å²) < 4.78 is 5.52. The Hall–Kier alpha value is -0.860. The fraction of sp³-hybridized carbons (Fsp3) is 0.625. The van der Waals surface area contributed by atoms with E-state index in [1.54, 1.807) is 0 Å². The van der Waals surface area contributed by atoms with Gasteiger partial charge in [-0.05, 0) is 61.9 Å². The van der Waals surface area contributed by atoms with Crippen LogP contribution >= 0.6 is 0 Å². The van der Waals surface area contributed by atoms with E-state index in [0.29, 0.717) is 5.92 Å². The first kappa shape index (κ1) is 13.6. The van der Waals surface area contributed by atoms with Gasteiger partial charge in [0.1, 0.15) is 0 Å². The standard InChI is InChI=1S/C16H25NO/c1-11(8-17)7-16(9-18-10-16)15-6-5-12(2)13(3)14(15)4/h5-6,11H,7-10,17H2,1-4H3. The van der Waals surface area contributed by atoms with Crippen LogP contribution in [0.4, 0.5) is 0 Å². The van der Waals surface area contributed by atoms with E-state index in [1.807, 2.05) is 0 Å². The van der Waals surface area contributed by atoms with Crippen molar-refractivity contribution in [3.05, 3.63) is 34.4 Å². The van der Waals surface area contributed by atoms with Crippen LogP contribution in [0.25, 0.3) is 0 Å². The summed E-state index contributed by atoms with van der Waals surface area (Å²) in [5, 5.41) is 0. The lowest BCUT2D eigenvalue weighted by Gasteiger charge is -2.44. The molecule has 2 N–H and O–H groups in total. The molecule has 1 fully saturated rings. The van der Waals surface area contributed by atoms with Crippen molar-refractivity contribution in [1.29, 1.82) is 0 Å². The molecule has 0 aromatic heterocycles. The predicted molar refractivity (Wildman–Crippen MR) is 76.0 cm³/mol. The van der Waals surface area contributed by atoms with Gasteiger partial charge in [0.15, 0.2) is 0 Å². The van der Waals surface area contributed by atoms with E-state index in [1.165, 1.54) is 22.3 Å². The number of hydrogen-bond acceptors (Lipinski definition) is 2. The Labute approximate surface area is 111 Å². The third kappa shape index (κ3) is 2.19. The molecule has 1 aromatic rings. The fourth-order valence-electron chi connectivity index (χ4n) is 3.01. The minimum atomic E-state index is 0.210. The van der Waals surface area contributed by atoms with E-state index in [2.05, 4.69) is 39.8 Å². The van der Waals surface area contributed by atoms with Crippen molar-refractivity contribution in [2.75, 3.05) is 19.8 Å². The minimum Gasteiger partial charge on any atom is -0.379 e. The minimum absolute atomic E-state index is 0.210. The molecule has 1 unspecified atom stereocenters. The van der Waals surface area contributed by atoms with E-state index >= 15 is 0 Å². The maximum absolute atomic E-state index is 5.79. The van der Waals surface area contributed by atoms with Crippen LogP contribution < -0.4 is 5.73 Å². The van der Waals surface area contributed by atoms with E-state index in [9.17, 15) is 0 Å². The molecule has 0 aliphatic carbocycles. The van der Waals surface area contributed by atoms with Crippen molar-refractivity contribution in [3.63, 3.8) is 0 Å². The molecular weight excluding hydrogens is 222 g/mol. The molecule has 100 valence electrons. The summed E-state index contributed by atoms with van der Waals surface area (Å²) in [7, 11) is 0. The predicted octanol–water partition coefficient (Wildman–Crippen LogP) is 2.86. The highest BCUT2D eigenvalue weighted by atomic mass is 16.5. The highest BCUT2D eigenvalue weighted by Gasteiger charge is 2.42. The largest absolute Gasteiger partial charge is 0.379 e. The molecule has 0 radical (unpaired) electrons. The van der Waals surface area contributed by atoms with Crippen molar-refractivity contribution in [3.8, 4) is 0 Å². The van der Waals surface area contributed by atoms with Crippen LogP contribution in [-0.4, -0.2) is 19.8 Å². The Morgan fingerprint density at radius 1 is 1.22 bits per heavy atom. The molecule has 18 heavy (non-hydrogen) atoms. The number of aryl methyl sites for hydroxylation is 1. The van der Waals surface area contributed by atoms with E-state index < -0.39 is 0 Å². The lowest BCUT2D eigenvalue weighted by atomic mass is 9.70. The number of benzene rings is 1. The van der Waals surface area contributed by atoms with Gasteiger partial charge >= 0.3 is 0 Å². The molecule has 0 spiro atoms. The molecular formula is C16H25NO. The highest BCUT2D eigenvalue weighted by Crippen LogP contribution is 2.40. The molecule has 0 saturated carbocycles. The van der Waals surface area contributed by atoms with Crippen LogP contribution in [0.2, 0.25) is 0 Å². The van der Waals surface area contributed by atoms with Crippen LogP contribution in [0.15, 0.2) is 12.1 Å². The van der Waals surface area contributed by atoms with Gasteiger partial charge in [-0.2, -0.15) is 0 Å². The van der Waals surface area contributed by atoms with Crippen LogP contribution in [0.5, 0.6) is 0 Å². The van der Waals surface area contributed by atoms with E-state index in [0.717, 1.165) is 26.2 Å². The van der Waals surface area contributed by atoms with Crippen LogP contribution in [0, 0.1) is 26.7 Å². The van der Waals surface area contributed by atoms with Gasteiger partial charge in [0.05, 0.1) is 13.2 Å². The number of rotatable bonds is 4. The second kappa shape index (κ2) is 5.02. The Bertz CT molecular complexity index is 435. The molecule has 2 nitrogen and oxygen atoms in total. The first-order valence-electron chi connectivity index (χ1n) is 6.85. The highest BCUT2D eigenvalue weighted by molar-refractivity contribution is 5.44. The Morgan fingerprint density at radius 2 is 1.89 bits per heavy atom. The van der Waals surface area contributed by atoms with Crippen molar-refractivity contribution in [2.45, 2.75) is 39.5 Å². The molecule has 0 bridgehead atoms. The maximum Gasteiger partial charge on any atom is 0.0585 e. The third-order valence-corrected chi connectivity index (χ3v) is 4.53. The lowest BCUT2D eigenvalue weighted by Crippen LogP contribution is -2.49. The van der Waals surface area contributed by atoms with Gasteiger partial charge in [0.2, 0.25) is 0 Å². The summed E-state index contributed by atoms with van der Waals surface area (Å²) in [6.07, 6.45) is 1.13. The summed E-state index contributed by atoms with van der Waals surface area (Å²) in [6.45, 7) is 11.3. The topological polar surface area (TPSA) is 35.2 Å². The zero-order chi connectivity index (χ0) is 13.3. The van der Waals surface area contributed by atoms with Crippen LogP contribution in [0.3, 0.4) is 0 Å². The molecule has 0 amide bonds. The normalized spacial score (nSPS) is 19.4. The van der Waals surface area contributed by atoms with Crippen LogP contribution in [0.1, 0.15) is 35.6 Å². The van der Waals surface area contributed by atoms with Crippen LogP contribution in [-0.2, 0) is 10.2 Å². The second-order valence-corrected chi connectivity index (χ2v) is 6.00. The van der Waals surface area contributed by atoms with Gasteiger partial charge in [-0.15, -0.1) is 0 Å². The summed E-state index contributed by atoms with van der Waals surface area (Å²) in [6, 6.07) is 4.54. The smallest absolute Gasteiger partial charge is 0.0585 e. The van der Waals surface area contributed by atoms with E-state index in [4.69, 9.17) is 10.5 Å². The zero-order valence-corrected chi connectivity index (χ0v) is 12.0. The molecule has 1 aliphatic rings. The third-order valence-electron chi connectivity index (χ3n) is 4.53. The Balaban J connectivity index is 2.36. The van der Waals surface area contributed by atoms with Gasteiger partial charge in [0, 0.05) is 5.41 Å². The molecule has 1 heterocycles. The van der Waals surface area contributed by atoms with Gasteiger partial charge in [-0.3, -0.25) is 0 Å². The average Bonchev–Trinajstić information content (AvgIpc) is 2.31. The summed E-state index contributed by atoms with van der Waals surface area (Å²) in [5.74, 6) is 0.551. The average molecular weight is 247 g/mol. The SMILES string of the molecule is Cc1ccc(C2(CC(C)CN)COC2)c(C)c1C. The van der Waals surface area contributed by atoms with Gasteiger partial charge < -0.3 is 10.5 Å². The van der Waals surface area contributed by atoms with E-state index in [-0.39, 0.29) is 5.41 Å². The first-order valence-corrected chi connectivity index (χ1v) is 6.85. The monoisotopic (exact) mass is 247 g/mol. The summed E-state index contributed by atoms with van der Waals surface area (Å²) in [4.78, 5) is 0. The zero-order valence-electron chi connectivity index (χ0n) is 12.0. The molecule has 2 heteroatoms. The van der Waals surface area contributed by atoms with Crippen molar-refractivity contribution in [2.24, 2.45) is 11.7 Å². The second-order valence-electron chi connectivity index (χ2n) is 6.00. The lowest BCUT2D eigenvalue weighted by molar-refractivity contribution is -0.0705. The number of nitrogens with two attached hydrogens (primary N) is 1. The molecule has 1 aromatic carbocycles. The maximum atomic E-state index is 5.79. The van der Waals surface area contributed by atoms with Crippen molar-refractivity contribution in [1.82, 2.24) is 0 Å². The Kier molecular flexibility index (Phi) is 3.79.